The average Bonchev–Trinajstić information content (AvgIpc) is 1.85. The monoisotopic (exact) mass is 170 g/mol. The predicted octanol–water partition coefficient (Wildman–Crippen LogP) is 2.19. The number of allylic oxidation sites excluding steroid dienone is 1. The van der Waals surface area contributed by atoms with E-state index in [0.29, 0.717) is 0 Å². The SMILES string of the molecule is COC(C=CC(C)=O)C(C)(C)C. The Kier molecular flexibility index (Phi) is 4.18. The summed E-state index contributed by atoms with van der Waals surface area (Å²) in [7, 11) is 1.65. The molecule has 2 nitrogen and oxygen atoms in total. The van der Waals surface area contributed by atoms with Gasteiger partial charge in [0.15, 0.2) is 5.78 Å². The Morgan fingerprint density at radius 1 is 1.42 bits per heavy atom. The maximum atomic E-state index is 10.6. The van der Waals surface area contributed by atoms with Gasteiger partial charge in [0, 0.05) is 7.11 Å². The molecule has 0 aromatic heterocycles. The van der Waals surface area contributed by atoms with Crippen LogP contribution in [0.25, 0.3) is 0 Å². The van der Waals surface area contributed by atoms with Gasteiger partial charge in [-0.2, -0.15) is 0 Å². The molecule has 0 aromatic rings. The summed E-state index contributed by atoms with van der Waals surface area (Å²) in [5.74, 6) is 0.0568. The molecule has 0 rings (SSSR count). The van der Waals surface area contributed by atoms with Crippen LogP contribution in [0, 0.1) is 5.41 Å². The minimum atomic E-state index is 0.00130. The van der Waals surface area contributed by atoms with Crippen LogP contribution in [0.5, 0.6) is 0 Å². The Morgan fingerprint density at radius 3 is 2.17 bits per heavy atom. The zero-order valence-corrected chi connectivity index (χ0v) is 8.55. The Bertz CT molecular complexity index is 175. The molecule has 0 aliphatic carbocycles. The lowest BCUT2D eigenvalue weighted by atomic mass is 9.88. The van der Waals surface area contributed by atoms with Crippen LogP contribution < -0.4 is 0 Å². The molecule has 0 saturated heterocycles. The van der Waals surface area contributed by atoms with Crippen LogP contribution in [0.1, 0.15) is 27.7 Å². The van der Waals surface area contributed by atoms with Gasteiger partial charge < -0.3 is 4.74 Å². The highest BCUT2D eigenvalue weighted by Crippen LogP contribution is 2.22. The van der Waals surface area contributed by atoms with E-state index >= 15 is 0 Å². The second-order valence-corrected chi connectivity index (χ2v) is 3.99. The quantitative estimate of drug-likeness (QED) is 0.607. The van der Waals surface area contributed by atoms with Gasteiger partial charge in [0.1, 0.15) is 0 Å². The lowest BCUT2D eigenvalue weighted by Gasteiger charge is -2.26. The summed E-state index contributed by atoms with van der Waals surface area (Å²) in [6.45, 7) is 7.76. The van der Waals surface area contributed by atoms with E-state index < -0.39 is 0 Å². The van der Waals surface area contributed by atoms with Gasteiger partial charge in [-0.1, -0.05) is 26.8 Å². The summed E-state index contributed by atoms with van der Waals surface area (Å²) < 4.78 is 5.23. The molecule has 0 N–H and O–H groups in total. The molecule has 1 atom stereocenters. The first kappa shape index (κ1) is 11.4. The van der Waals surface area contributed by atoms with E-state index in [1.54, 1.807) is 13.2 Å². The van der Waals surface area contributed by atoms with Gasteiger partial charge in [0.25, 0.3) is 0 Å². The predicted molar refractivity (Wildman–Crippen MR) is 50.1 cm³/mol. The highest BCUT2D eigenvalue weighted by Gasteiger charge is 2.21. The van der Waals surface area contributed by atoms with Gasteiger partial charge in [-0.3, -0.25) is 4.79 Å². The molecule has 2 heteroatoms. The number of rotatable bonds is 3. The second kappa shape index (κ2) is 4.41. The van der Waals surface area contributed by atoms with E-state index in [2.05, 4.69) is 20.8 Å². The fourth-order valence-electron chi connectivity index (χ4n) is 0.944. The van der Waals surface area contributed by atoms with Crippen molar-refractivity contribution in [1.82, 2.24) is 0 Å². The third kappa shape index (κ3) is 4.29. The molecular formula is C10H18O2. The van der Waals surface area contributed by atoms with Gasteiger partial charge in [0.05, 0.1) is 6.10 Å². The van der Waals surface area contributed by atoms with E-state index in [1.807, 2.05) is 6.08 Å². The zero-order valence-electron chi connectivity index (χ0n) is 8.55. The third-order valence-corrected chi connectivity index (χ3v) is 1.61. The molecule has 0 aromatic carbocycles. The van der Waals surface area contributed by atoms with Crippen molar-refractivity contribution in [3.63, 3.8) is 0 Å². The van der Waals surface area contributed by atoms with Crippen molar-refractivity contribution in [3.8, 4) is 0 Å². The standard InChI is InChI=1S/C10H18O2/c1-8(11)6-7-9(12-5)10(2,3)4/h6-7,9H,1-5H3. The summed E-state index contributed by atoms with van der Waals surface area (Å²) >= 11 is 0. The van der Waals surface area contributed by atoms with Crippen LogP contribution in [0.15, 0.2) is 12.2 Å². The highest BCUT2D eigenvalue weighted by atomic mass is 16.5. The maximum absolute atomic E-state index is 10.6. The molecule has 0 spiro atoms. The average molecular weight is 170 g/mol. The van der Waals surface area contributed by atoms with Crippen LogP contribution in [-0.2, 0) is 9.53 Å². The Hall–Kier alpha value is -0.630. The summed E-state index contributed by atoms with van der Waals surface area (Å²) in [6, 6.07) is 0. The first-order valence-electron chi connectivity index (χ1n) is 4.09. The Labute approximate surface area is 74.6 Å². The Morgan fingerprint density at radius 2 is 1.92 bits per heavy atom. The molecule has 12 heavy (non-hydrogen) atoms. The van der Waals surface area contributed by atoms with Crippen LogP contribution in [0.4, 0.5) is 0 Å². The van der Waals surface area contributed by atoms with Crippen molar-refractivity contribution in [2.24, 2.45) is 5.41 Å². The zero-order chi connectivity index (χ0) is 9.78. The molecule has 70 valence electrons. The smallest absolute Gasteiger partial charge is 0.152 e. The van der Waals surface area contributed by atoms with Crippen LogP contribution in [0.3, 0.4) is 0 Å². The number of ether oxygens (including phenoxy) is 1. The van der Waals surface area contributed by atoms with Crippen LogP contribution in [-0.4, -0.2) is 19.0 Å². The van der Waals surface area contributed by atoms with Crippen molar-refractivity contribution in [2.75, 3.05) is 7.11 Å². The lowest BCUT2D eigenvalue weighted by molar-refractivity contribution is -0.112. The summed E-state index contributed by atoms with van der Waals surface area (Å²) in [6.07, 6.45) is 3.36. The number of hydrogen-bond acceptors (Lipinski definition) is 2. The molecule has 0 amide bonds. The largest absolute Gasteiger partial charge is 0.377 e. The summed E-state index contributed by atoms with van der Waals surface area (Å²) in [5, 5.41) is 0. The molecule has 0 aliphatic heterocycles. The Balaban J connectivity index is 4.28. The minimum absolute atomic E-state index is 0.00130. The van der Waals surface area contributed by atoms with E-state index in [1.165, 1.54) is 6.92 Å². The van der Waals surface area contributed by atoms with Gasteiger partial charge in [0.2, 0.25) is 0 Å². The minimum Gasteiger partial charge on any atom is -0.377 e. The highest BCUT2D eigenvalue weighted by molar-refractivity contribution is 5.87. The topological polar surface area (TPSA) is 26.3 Å². The van der Waals surface area contributed by atoms with E-state index in [0.717, 1.165) is 0 Å². The second-order valence-electron chi connectivity index (χ2n) is 3.99. The van der Waals surface area contributed by atoms with E-state index in [9.17, 15) is 4.79 Å². The van der Waals surface area contributed by atoms with Crippen molar-refractivity contribution >= 4 is 5.78 Å². The molecular weight excluding hydrogens is 152 g/mol. The van der Waals surface area contributed by atoms with Gasteiger partial charge in [-0.25, -0.2) is 0 Å². The van der Waals surface area contributed by atoms with E-state index in [-0.39, 0.29) is 17.3 Å². The van der Waals surface area contributed by atoms with Crippen molar-refractivity contribution in [3.05, 3.63) is 12.2 Å². The van der Waals surface area contributed by atoms with Crippen molar-refractivity contribution in [1.29, 1.82) is 0 Å². The molecule has 0 fully saturated rings. The first-order valence-corrected chi connectivity index (χ1v) is 4.09. The van der Waals surface area contributed by atoms with Crippen LogP contribution in [0.2, 0.25) is 0 Å². The molecule has 0 saturated carbocycles. The number of hydrogen-bond donors (Lipinski definition) is 0. The fraction of sp³-hybridized carbons (Fsp3) is 0.700. The number of methoxy groups -OCH3 is 1. The lowest BCUT2D eigenvalue weighted by Crippen LogP contribution is -2.26. The summed E-state index contributed by atoms with van der Waals surface area (Å²) in [5.41, 5.74) is 0.0424. The molecule has 0 heterocycles. The fourth-order valence-corrected chi connectivity index (χ4v) is 0.944. The third-order valence-electron chi connectivity index (χ3n) is 1.61. The van der Waals surface area contributed by atoms with Crippen molar-refractivity contribution in [2.45, 2.75) is 33.8 Å². The van der Waals surface area contributed by atoms with Gasteiger partial charge >= 0.3 is 0 Å². The molecule has 0 aliphatic rings. The van der Waals surface area contributed by atoms with E-state index in [4.69, 9.17) is 4.74 Å². The number of carbonyl (C=O) groups excluding carboxylic acids is 1. The van der Waals surface area contributed by atoms with Gasteiger partial charge in [-0.05, 0) is 18.4 Å². The maximum Gasteiger partial charge on any atom is 0.152 e. The normalized spacial score (nSPS) is 15.1. The van der Waals surface area contributed by atoms with Gasteiger partial charge in [-0.15, -0.1) is 0 Å². The molecule has 1 unspecified atom stereocenters. The van der Waals surface area contributed by atoms with Crippen molar-refractivity contribution < 1.29 is 9.53 Å². The molecule has 0 bridgehead atoms. The first-order chi connectivity index (χ1) is 5.38. The summed E-state index contributed by atoms with van der Waals surface area (Å²) in [4.78, 5) is 10.6. The molecule has 0 radical (unpaired) electrons. The number of carbonyl (C=O) groups is 1. The van der Waals surface area contributed by atoms with Crippen LogP contribution >= 0.6 is 0 Å². The number of ketones is 1.